The van der Waals surface area contributed by atoms with Crippen LogP contribution in [0.1, 0.15) is 24.4 Å². The summed E-state index contributed by atoms with van der Waals surface area (Å²) in [5.74, 6) is 0.962. The summed E-state index contributed by atoms with van der Waals surface area (Å²) in [4.78, 5) is 8.89. The van der Waals surface area contributed by atoms with Crippen LogP contribution < -0.4 is 5.73 Å². The Hall–Kier alpha value is -1.68. The fourth-order valence-electron chi connectivity index (χ4n) is 1.85. The molecule has 0 amide bonds. The van der Waals surface area contributed by atoms with Gasteiger partial charge >= 0.3 is 0 Å². The maximum absolute atomic E-state index is 9.42. The summed E-state index contributed by atoms with van der Waals surface area (Å²) in [5, 5.41) is 10.3. The van der Waals surface area contributed by atoms with Crippen LogP contribution in [-0.2, 0) is 5.54 Å². The Morgan fingerprint density at radius 1 is 1.31 bits per heavy atom. The number of nitrogens with zero attached hydrogens (tertiary/aromatic N) is 2. The zero-order valence-corrected chi connectivity index (χ0v) is 9.07. The first-order valence-electron chi connectivity index (χ1n) is 5.35. The van der Waals surface area contributed by atoms with Crippen LogP contribution in [0.5, 0.6) is 5.75 Å². The van der Waals surface area contributed by atoms with E-state index >= 15 is 0 Å². The Bertz CT molecular complexity index is 576. The molecular formula is C12H13N3O. The minimum Gasteiger partial charge on any atom is -0.508 e. The molecule has 1 aliphatic carbocycles. The fourth-order valence-corrected chi connectivity index (χ4v) is 1.85. The first kappa shape index (κ1) is 9.54. The van der Waals surface area contributed by atoms with E-state index in [1.165, 1.54) is 0 Å². The SMILES string of the molecule is Cc1nc(C2(N)CC2)nc2ccc(O)cc12. The van der Waals surface area contributed by atoms with Gasteiger partial charge in [0.2, 0.25) is 0 Å². The fraction of sp³-hybridized carbons (Fsp3) is 0.333. The molecule has 1 heterocycles. The van der Waals surface area contributed by atoms with Gasteiger partial charge in [0, 0.05) is 11.1 Å². The molecule has 1 aromatic carbocycles. The lowest BCUT2D eigenvalue weighted by atomic mass is 10.1. The smallest absolute Gasteiger partial charge is 0.149 e. The van der Waals surface area contributed by atoms with Gasteiger partial charge in [-0.1, -0.05) is 0 Å². The van der Waals surface area contributed by atoms with Gasteiger partial charge in [0.15, 0.2) is 0 Å². The van der Waals surface area contributed by atoms with Crippen LogP contribution in [0.2, 0.25) is 0 Å². The molecular weight excluding hydrogens is 202 g/mol. The van der Waals surface area contributed by atoms with Crippen LogP contribution in [0.4, 0.5) is 0 Å². The van der Waals surface area contributed by atoms with E-state index in [0.29, 0.717) is 0 Å². The largest absolute Gasteiger partial charge is 0.508 e. The molecule has 0 radical (unpaired) electrons. The summed E-state index contributed by atoms with van der Waals surface area (Å²) in [6.07, 6.45) is 1.91. The zero-order chi connectivity index (χ0) is 11.3. The van der Waals surface area contributed by atoms with Gasteiger partial charge in [-0.15, -0.1) is 0 Å². The number of aromatic hydroxyl groups is 1. The van der Waals surface area contributed by atoms with Crippen molar-refractivity contribution in [3.63, 3.8) is 0 Å². The van der Waals surface area contributed by atoms with Gasteiger partial charge in [-0.3, -0.25) is 0 Å². The highest BCUT2D eigenvalue weighted by molar-refractivity contribution is 5.82. The molecule has 82 valence electrons. The third kappa shape index (κ3) is 1.34. The summed E-state index contributed by atoms with van der Waals surface area (Å²) >= 11 is 0. The lowest BCUT2D eigenvalue weighted by Crippen LogP contribution is -2.22. The predicted octanol–water partition coefficient (Wildman–Crippen LogP) is 1.59. The highest BCUT2D eigenvalue weighted by Gasteiger charge is 2.43. The van der Waals surface area contributed by atoms with Gasteiger partial charge in [0.05, 0.1) is 11.1 Å². The van der Waals surface area contributed by atoms with Crippen molar-refractivity contribution in [2.24, 2.45) is 5.73 Å². The number of rotatable bonds is 1. The van der Waals surface area contributed by atoms with E-state index in [1.807, 2.05) is 6.92 Å². The van der Waals surface area contributed by atoms with Crippen molar-refractivity contribution in [2.75, 3.05) is 0 Å². The minimum absolute atomic E-state index is 0.237. The van der Waals surface area contributed by atoms with Crippen LogP contribution in [0, 0.1) is 6.92 Å². The maximum atomic E-state index is 9.42. The van der Waals surface area contributed by atoms with Gasteiger partial charge in [-0.2, -0.15) is 0 Å². The monoisotopic (exact) mass is 215 g/mol. The van der Waals surface area contributed by atoms with E-state index in [2.05, 4.69) is 9.97 Å². The summed E-state index contributed by atoms with van der Waals surface area (Å²) in [5.41, 5.74) is 7.49. The minimum atomic E-state index is -0.309. The Balaban J connectivity index is 2.26. The van der Waals surface area contributed by atoms with E-state index in [-0.39, 0.29) is 11.3 Å². The van der Waals surface area contributed by atoms with E-state index < -0.39 is 0 Å². The number of aromatic nitrogens is 2. The quantitative estimate of drug-likeness (QED) is 0.757. The van der Waals surface area contributed by atoms with Crippen LogP contribution in [0.15, 0.2) is 18.2 Å². The van der Waals surface area contributed by atoms with E-state index in [1.54, 1.807) is 18.2 Å². The van der Waals surface area contributed by atoms with Crippen molar-refractivity contribution < 1.29 is 5.11 Å². The highest BCUT2D eigenvalue weighted by atomic mass is 16.3. The molecule has 0 spiro atoms. The molecule has 4 nitrogen and oxygen atoms in total. The molecule has 2 aromatic rings. The standard InChI is InChI=1S/C12H13N3O/c1-7-9-6-8(16)2-3-10(9)15-11(14-7)12(13)4-5-12/h2-3,6,16H,4-5,13H2,1H3. The molecule has 4 heteroatoms. The molecule has 0 saturated heterocycles. The topological polar surface area (TPSA) is 72.0 Å². The van der Waals surface area contributed by atoms with Gasteiger partial charge < -0.3 is 10.8 Å². The highest BCUT2D eigenvalue weighted by Crippen LogP contribution is 2.41. The molecule has 0 bridgehead atoms. The number of phenolic OH excluding ortho intramolecular Hbond substituents is 1. The van der Waals surface area contributed by atoms with Crippen LogP contribution in [0.3, 0.4) is 0 Å². The zero-order valence-electron chi connectivity index (χ0n) is 9.07. The molecule has 1 fully saturated rings. The number of hydrogen-bond acceptors (Lipinski definition) is 4. The molecule has 16 heavy (non-hydrogen) atoms. The number of benzene rings is 1. The lowest BCUT2D eigenvalue weighted by molar-refractivity contribution is 0.476. The Morgan fingerprint density at radius 3 is 2.75 bits per heavy atom. The van der Waals surface area contributed by atoms with Gasteiger partial charge in [-0.05, 0) is 38.0 Å². The molecule has 0 aliphatic heterocycles. The summed E-state index contributed by atoms with van der Waals surface area (Å²) < 4.78 is 0. The molecule has 0 atom stereocenters. The van der Waals surface area contributed by atoms with Crippen LogP contribution in [-0.4, -0.2) is 15.1 Å². The summed E-state index contributed by atoms with van der Waals surface area (Å²) in [6.45, 7) is 1.92. The van der Waals surface area contributed by atoms with Crippen molar-refractivity contribution in [1.82, 2.24) is 9.97 Å². The maximum Gasteiger partial charge on any atom is 0.149 e. The lowest BCUT2D eigenvalue weighted by Gasteiger charge is -2.10. The van der Waals surface area contributed by atoms with E-state index in [0.717, 1.165) is 35.3 Å². The summed E-state index contributed by atoms with van der Waals surface area (Å²) in [6, 6.07) is 5.12. The first-order chi connectivity index (χ1) is 7.58. The Kier molecular flexibility index (Phi) is 1.74. The molecule has 1 aromatic heterocycles. The van der Waals surface area contributed by atoms with Crippen molar-refractivity contribution in [1.29, 1.82) is 0 Å². The second kappa shape index (κ2) is 2.92. The number of phenols is 1. The Labute approximate surface area is 93.1 Å². The molecule has 1 saturated carbocycles. The normalized spacial score (nSPS) is 17.6. The van der Waals surface area contributed by atoms with Gasteiger partial charge in [-0.25, -0.2) is 9.97 Å². The van der Waals surface area contributed by atoms with Gasteiger partial charge in [0.25, 0.3) is 0 Å². The predicted molar refractivity (Wildman–Crippen MR) is 61.0 cm³/mol. The number of nitrogens with two attached hydrogens (primary N) is 1. The second-order valence-electron chi connectivity index (χ2n) is 4.49. The molecule has 1 aliphatic rings. The van der Waals surface area contributed by atoms with Crippen molar-refractivity contribution in [2.45, 2.75) is 25.3 Å². The van der Waals surface area contributed by atoms with Crippen LogP contribution in [0.25, 0.3) is 10.9 Å². The Morgan fingerprint density at radius 2 is 2.06 bits per heavy atom. The summed E-state index contributed by atoms with van der Waals surface area (Å²) in [7, 11) is 0. The van der Waals surface area contributed by atoms with E-state index in [4.69, 9.17) is 5.73 Å². The number of fused-ring (bicyclic) bond motifs is 1. The third-order valence-electron chi connectivity index (χ3n) is 3.10. The van der Waals surface area contributed by atoms with Gasteiger partial charge in [0.1, 0.15) is 11.6 Å². The van der Waals surface area contributed by atoms with Crippen LogP contribution >= 0.6 is 0 Å². The first-order valence-corrected chi connectivity index (χ1v) is 5.35. The van der Waals surface area contributed by atoms with Crippen molar-refractivity contribution >= 4 is 10.9 Å². The number of aryl methyl sites for hydroxylation is 1. The molecule has 0 unspecified atom stereocenters. The average molecular weight is 215 g/mol. The van der Waals surface area contributed by atoms with Crippen molar-refractivity contribution in [3.05, 3.63) is 29.7 Å². The van der Waals surface area contributed by atoms with Crippen molar-refractivity contribution in [3.8, 4) is 5.75 Å². The second-order valence-corrected chi connectivity index (χ2v) is 4.49. The average Bonchev–Trinajstić information content (AvgIpc) is 2.99. The van der Waals surface area contributed by atoms with E-state index in [9.17, 15) is 5.11 Å². The third-order valence-corrected chi connectivity index (χ3v) is 3.10. The molecule has 3 N–H and O–H groups in total. The molecule has 3 rings (SSSR count). The number of hydrogen-bond donors (Lipinski definition) is 2.